The van der Waals surface area contributed by atoms with Gasteiger partial charge >= 0.3 is 0 Å². The Morgan fingerprint density at radius 3 is 2.41 bits per heavy atom. The maximum atomic E-state index is 14.0. The van der Waals surface area contributed by atoms with E-state index in [2.05, 4.69) is 54.6 Å². The molecule has 10 atom stereocenters. The van der Waals surface area contributed by atoms with Gasteiger partial charge in [0, 0.05) is 25.4 Å². The Hall–Kier alpha value is -0.723. The molecule has 0 aromatic rings. The number of carbonyl (C=O) groups excluding carboxylic acids is 2. The average Bonchev–Trinajstić information content (AvgIpc) is 3.25. The molecule has 2 unspecified atom stereocenters. The Labute approximate surface area is 251 Å². The number of carbonyl (C=O) groups is 2. The van der Waals surface area contributed by atoms with Crippen LogP contribution in [0.2, 0.25) is 18.1 Å². The third kappa shape index (κ3) is 6.01. The van der Waals surface area contributed by atoms with Crippen molar-refractivity contribution in [1.29, 1.82) is 0 Å². The summed E-state index contributed by atoms with van der Waals surface area (Å²) in [6.07, 6.45) is 13.8. The lowest BCUT2D eigenvalue weighted by molar-refractivity contribution is -0.211. The van der Waals surface area contributed by atoms with Crippen molar-refractivity contribution in [2.75, 3.05) is 6.61 Å². The van der Waals surface area contributed by atoms with E-state index in [1.54, 1.807) is 0 Å². The largest absolute Gasteiger partial charge is 0.519 e. The van der Waals surface area contributed by atoms with Crippen LogP contribution in [0.25, 0.3) is 0 Å². The van der Waals surface area contributed by atoms with E-state index in [9.17, 15) is 9.59 Å². The molecule has 5 nitrogen and oxygen atoms in total. The van der Waals surface area contributed by atoms with Gasteiger partial charge in [0.25, 0.3) is 14.3 Å². The van der Waals surface area contributed by atoms with E-state index in [-0.39, 0.29) is 40.1 Å². The van der Waals surface area contributed by atoms with E-state index in [1.165, 1.54) is 38.5 Å². The summed E-state index contributed by atoms with van der Waals surface area (Å²) in [5, 5.41) is 0.0390. The fourth-order valence-electron chi connectivity index (χ4n) is 10.1. The highest BCUT2D eigenvalue weighted by atomic mass is 28.4. The molecule has 0 aromatic heterocycles. The van der Waals surface area contributed by atoms with Crippen molar-refractivity contribution in [2.45, 2.75) is 156 Å². The zero-order valence-electron chi connectivity index (χ0n) is 27.6. The van der Waals surface area contributed by atoms with Gasteiger partial charge in [0.15, 0.2) is 6.29 Å². The highest BCUT2D eigenvalue weighted by molar-refractivity contribution is 6.75. The summed E-state index contributed by atoms with van der Waals surface area (Å²) in [4.78, 5) is 26.9. The summed E-state index contributed by atoms with van der Waals surface area (Å²) >= 11 is 0. The zero-order chi connectivity index (χ0) is 29.8. The standard InChI is InChI=1S/C35H60O5Si/c1-23(12-15-30(37)40-41(7,8)33(2,3)4)26-13-14-27-32-28(17-19-35(26,27)6)34(5)18-16-25(21-24(34)22-29(32)36)39-31-11-9-10-20-38-31/h23-28,31-32H,9-22H2,1-8H3/t23-,24?,25+,26-,27+,28+,31?,32+,34+,35-/m1/s1. The summed E-state index contributed by atoms with van der Waals surface area (Å²) in [5.41, 5.74) is 0.464. The maximum absolute atomic E-state index is 14.0. The minimum Gasteiger partial charge on any atom is -0.519 e. The van der Waals surface area contributed by atoms with Gasteiger partial charge in [0.1, 0.15) is 5.78 Å². The molecule has 1 heterocycles. The summed E-state index contributed by atoms with van der Waals surface area (Å²) < 4.78 is 18.4. The summed E-state index contributed by atoms with van der Waals surface area (Å²) in [5.74, 6) is 3.31. The first-order chi connectivity index (χ1) is 19.2. The lowest BCUT2D eigenvalue weighted by atomic mass is 9.44. The maximum Gasteiger partial charge on any atom is 0.292 e. The molecule has 4 saturated carbocycles. The van der Waals surface area contributed by atoms with Crippen LogP contribution < -0.4 is 0 Å². The predicted octanol–water partition coefficient (Wildman–Crippen LogP) is 8.70. The monoisotopic (exact) mass is 588 g/mol. The number of ether oxygens (including phenoxy) is 2. The van der Waals surface area contributed by atoms with Crippen molar-refractivity contribution in [2.24, 2.45) is 46.3 Å². The Balaban J connectivity index is 1.21. The number of hydrogen-bond acceptors (Lipinski definition) is 5. The number of hydrogen-bond donors (Lipinski definition) is 0. The highest BCUT2D eigenvalue weighted by Gasteiger charge is 2.63. The number of rotatable bonds is 7. The Bertz CT molecular complexity index is 966. The second kappa shape index (κ2) is 11.7. The lowest BCUT2D eigenvalue weighted by Crippen LogP contribution is -2.57. The van der Waals surface area contributed by atoms with Crippen LogP contribution in [0.5, 0.6) is 0 Å². The van der Waals surface area contributed by atoms with Gasteiger partial charge in [0.2, 0.25) is 0 Å². The van der Waals surface area contributed by atoms with Crippen molar-refractivity contribution in [1.82, 2.24) is 0 Å². The molecule has 0 bridgehead atoms. The number of fused-ring (bicyclic) bond motifs is 5. The molecule has 1 saturated heterocycles. The molecule has 0 spiro atoms. The van der Waals surface area contributed by atoms with Crippen LogP contribution in [0.15, 0.2) is 0 Å². The molecule has 5 aliphatic rings. The number of Topliss-reactive ketones (excluding diaryl/α,β-unsaturated/α-hetero) is 1. The molecule has 234 valence electrons. The van der Waals surface area contributed by atoms with Gasteiger partial charge in [0.05, 0.1) is 6.10 Å². The lowest BCUT2D eigenvalue weighted by Gasteiger charge is -2.60. The van der Waals surface area contributed by atoms with Crippen molar-refractivity contribution in [3.63, 3.8) is 0 Å². The molecule has 1 aliphatic heterocycles. The van der Waals surface area contributed by atoms with Crippen molar-refractivity contribution >= 4 is 20.1 Å². The van der Waals surface area contributed by atoms with Gasteiger partial charge in [-0.1, -0.05) is 41.5 Å². The first-order valence-corrected chi connectivity index (χ1v) is 20.1. The van der Waals surface area contributed by atoms with E-state index in [1.807, 2.05) is 0 Å². The third-order valence-corrected chi connectivity index (χ3v) is 18.0. The highest BCUT2D eigenvalue weighted by Crippen LogP contribution is 2.67. The molecule has 41 heavy (non-hydrogen) atoms. The Morgan fingerprint density at radius 1 is 1.02 bits per heavy atom. The van der Waals surface area contributed by atoms with Crippen LogP contribution in [0, 0.1) is 46.3 Å². The van der Waals surface area contributed by atoms with E-state index >= 15 is 0 Å². The van der Waals surface area contributed by atoms with Crippen LogP contribution in [0.4, 0.5) is 0 Å². The molecule has 0 aromatic carbocycles. The van der Waals surface area contributed by atoms with E-state index in [4.69, 9.17) is 13.9 Å². The zero-order valence-corrected chi connectivity index (χ0v) is 28.6. The minimum atomic E-state index is -2.08. The van der Waals surface area contributed by atoms with Gasteiger partial charge in [-0.3, -0.25) is 9.59 Å². The average molecular weight is 589 g/mol. The first-order valence-electron chi connectivity index (χ1n) is 17.2. The van der Waals surface area contributed by atoms with Crippen LogP contribution in [-0.2, 0) is 23.5 Å². The van der Waals surface area contributed by atoms with Crippen molar-refractivity contribution in [3.05, 3.63) is 0 Å². The molecule has 5 rings (SSSR count). The molecular weight excluding hydrogens is 528 g/mol. The number of ketones is 1. The quantitative estimate of drug-likeness (QED) is 0.220. The van der Waals surface area contributed by atoms with Crippen LogP contribution >= 0.6 is 0 Å². The van der Waals surface area contributed by atoms with Crippen LogP contribution in [0.3, 0.4) is 0 Å². The fraction of sp³-hybridized carbons (Fsp3) is 0.943. The summed E-state index contributed by atoms with van der Waals surface area (Å²) in [6, 6.07) is 0. The molecule has 0 radical (unpaired) electrons. The Morgan fingerprint density at radius 2 is 1.73 bits per heavy atom. The van der Waals surface area contributed by atoms with Crippen LogP contribution in [0.1, 0.15) is 125 Å². The second-order valence-corrected chi connectivity index (χ2v) is 21.6. The molecule has 0 amide bonds. The van der Waals surface area contributed by atoms with Gasteiger partial charge in [-0.15, -0.1) is 0 Å². The van der Waals surface area contributed by atoms with Gasteiger partial charge in [-0.05, 0) is 129 Å². The second-order valence-electron chi connectivity index (χ2n) is 16.9. The third-order valence-electron chi connectivity index (χ3n) is 13.6. The van der Waals surface area contributed by atoms with Gasteiger partial charge in [-0.25, -0.2) is 0 Å². The van der Waals surface area contributed by atoms with E-state index in [0.717, 1.165) is 45.1 Å². The first kappa shape index (κ1) is 31.7. The minimum absolute atomic E-state index is 0.0112. The molecule has 0 N–H and O–H groups in total. The predicted molar refractivity (Wildman–Crippen MR) is 166 cm³/mol. The smallest absolute Gasteiger partial charge is 0.292 e. The fourth-order valence-corrected chi connectivity index (χ4v) is 11.0. The topological polar surface area (TPSA) is 61.8 Å². The van der Waals surface area contributed by atoms with E-state index < -0.39 is 8.32 Å². The van der Waals surface area contributed by atoms with Crippen molar-refractivity contribution in [3.8, 4) is 0 Å². The van der Waals surface area contributed by atoms with Crippen molar-refractivity contribution < 1.29 is 23.5 Å². The molecule has 5 fully saturated rings. The summed E-state index contributed by atoms with van der Waals surface area (Å²) in [6.45, 7) is 19.1. The molecule has 4 aliphatic carbocycles. The summed E-state index contributed by atoms with van der Waals surface area (Å²) in [7, 11) is -2.08. The molecule has 6 heteroatoms. The normalized spacial score (nSPS) is 42.1. The molecular formula is C35H60O5Si. The Kier molecular flexibility index (Phi) is 9.01. The SMILES string of the molecule is C[C@H](CCC(=O)O[Si](C)(C)C(C)(C)C)[C@H]1CC[C@H]2[C@@H]3C(=O)CC4C[C@@H](OC5CCCCO5)CC[C@]4(C)[C@H]3CC[C@]12C. The van der Waals surface area contributed by atoms with Crippen LogP contribution in [-0.4, -0.2) is 39.1 Å². The van der Waals surface area contributed by atoms with Gasteiger partial charge < -0.3 is 13.9 Å². The van der Waals surface area contributed by atoms with Gasteiger partial charge in [-0.2, -0.15) is 0 Å². The van der Waals surface area contributed by atoms with E-state index in [0.29, 0.717) is 41.8 Å².